The molecule has 378 valence electrons. The number of hydrogen-bond donors (Lipinski definition) is 3. The molecule has 0 radical (unpaired) electrons. The molecule has 0 atom stereocenters. The van der Waals surface area contributed by atoms with Crippen LogP contribution in [0.1, 0.15) is 149 Å². The van der Waals surface area contributed by atoms with Crippen LogP contribution in [-0.2, 0) is 14.4 Å². The van der Waals surface area contributed by atoms with E-state index in [2.05, 4.69) is 49.8 Å². The third kappa shape index (κ3) is 17.4. The minimum absolute atomic E-state index is 0.133. The molecule has 0 spiro atoms. The zero-order valence-corrected chi connectivity index (χ0v) is 36.1. The average molecular weight is 967 g/mol. The molecule has 0 saturated carbocycles. The van der Waals surface area contributed by atoms with Gasteiger partial charge in [-0.3, -0.25) is 9.68 Å². The summed E-state index contributed by atoms with van der Waals surface area (Å²) in [6, 6.07) is 0. The van der Waals surface area contributed by atoms with Gasteiger partial charge in [-0.05, 0) is 19.3 Å². The lowest BCUT2D eigenvalue weighted by atomic mass is 9.89. The van der Waals surface area contributed by atoms with Gasteiger partial charge in [-0.1, -0.05) is 129 Å². The van der Waals surface area contributed by atoms with E-state index in [-0.39, 0.29) is 37.6 Å². The summed E-state index contributed by atoms with van der Waals surface area (Å²) in [7, 11) is 0. The van der Waals surface area contributed by atoms with Crippen LogP contribution in [0.3, 0.4) is 0 Å². The number of nitrogens with zero attached hydrogens (tertiary/aromatic N) is 3. The van der Waals surface area contributed by atoms with Crippen molar-refractivity contribution in [2.24, 2.45) is 0 Å². The summed E-state index contributed by atoms with van der Waals surface area (Å²) in [4.78, 5) is 23.1. The number of ether oxygens (including phenoxy) is 1. The van der Waals surface area contributed by atoms with Crippen molar-refractivity contribution in [3.63, 3.8) is 0 Å². The number of rotatable bonds is 40. The number of halogens is 16. The Balaban J connectivity index is 2.81. The highest BCUT2D eigenvalue weighted by Gasteiger charge is 2.93. The van der Waals surface area contributed by atoms with Crippen molar-refractivity contribution in [1.29, 1.82) is 0 Å². The first-order valence-electron chi connectivity index (χ1n) is 21.6. The molecule has 0 fully saturated rings. The normalized spacial score (nSPS) is 13.5. The van der Waals surface area contributed by atoms with Gasteiger partial charge in [0.25, 0.3) is 11.9 Å². The molecule has 0 aromatic carbocycles. The molecule has 1 aromatic rings. The fourth-order valence-corrected chi connectivity index (χ4v) is 5.93. The minimum Gasteiger partial charge on any atom is -0.375 e. The zero-order chi connectivity index (χ0) is 48.6. The minimum atomic E-state index is -8.46. The molecule has 1 rings (SSSR count). The maximum Gasteiger partial charge on any atom is 0.384 e. The van der Waals surface area contributed by atoms with Gasteiger partial charge in [0.05, 0.1) is 13.2 Å². The smallest absolute Gasteiger partial charge is 0.375 e. The van der Waals surface area contributed by atoms with E-state index in [9.17, 15) is 70.2 Å². The Morgan fingerprint density at radius 1 is 0.422 bits per heavy atom. The van der Waals surface area contributed by atoms with Crippen LogP contribution in [0.5, 0.6) is 0 Å². The van der Waals surface area contributed by atoms with Crippen LogP contribution in [-0.4, -0.2) is 95.8 Å². The van der Waals surface area contributed by atoms with E-state index in [1.54, 1.807) is 0 Å². The third-order valence-electron chi connectivity index (χ3n) is 9.92. The van der Waals surface area contributed by atoms with Gasteiger partial charge in [-0.2, -0.15) is 76.4 Å². The number of unbranched alkanes of at least 4 members (excludes halogenated alkanes) is 18. The van der Waals surface area contributed by atoms with E-state index in [4.69, 9.17) is 9.68 Å². The molecule has 0 aliphatic rings. The Kier molecular flexibility index (Phi) is 26.2. The summed E-state index contributed by atoms with van der Waals surface area (Å²) in [6.45, 7) is 0.540. The summed E-state index contributed by atoms with van der Waals surface area (Å²) in [5, 5.41) is 2.58. The number of hydrogen-bond acceptors (Lipinski definition) is 9. The molecule has 0 aliphatic heterocycles. The molecular formula is C39H62F16N6O3. The van der Waals surface area contributed by atoms with Gasteiger partial charge in [0.2, 0.25) is 5.95 Å². The summed E-state index contributed by atoms with van der Waals surface area (Å²) >= 11 is 0. The number of anilines is 3. The first-order chi connectivity index (χ1) is 29.9. The summed E-state index contributed by atoms with van der Waals surface area (Å²) in [6.07, 6.45) is 15.4. The fourth-order valence-electron chi connectivity index (χ4n) is 5.93. The highest BCUT2D eigenvalue weighted by Crippen LogP contribution is 2.62. The molecule has 64 heavy (non-hydrogen) atoms. The lowest BCUT2D eigenvalue weighted by molar-refractivity contribution is -0.448. The Bertz CT molecular complexity index is 1360. The van der Waals surface area contributed by atoms with Crippen molar-refractivity contribution in [3.05, 3.63) is 0 Å². The maximum absolute atomic E-state index is 14.2. The Labute approximate surface area is 363 Å². The molecule has 3 N–H and O–H groups in total. The third-order valence-corrected chi connectivity index (χ3v) is 9.92. The van der Waals surface area contributed by atoms with Crippen LogP contribution < -0.4 is 16.3 Å². The van der Waals surface area contributed by atoms with Gasteiger partial charge in [0.1, 0.15) is 6.61 Å². The van der Waals surface area contributed by atoms with Gasteiger partial charge in [0, 0.05) is 13.2 Å². The van der Waals surface area contributed by atoms with Gasteiger partial charge in [-0.15, -0.1) is 0 Å². The Morgan fingerprint density at radius 3 is 1.16 bits per heavy atom. The number of alkyl halides is 16. The van der Waals surface area contributed by atoms with Crippen LogP contribution in [0.4, 0.5) is 88.1 Å². The van der Waals surface area contributed by atoms with Gasteiger partial charge < -0.3 is 10.1 Å². The number of nitrogens with one attached hydrogen (secondary N) is 3. The molecule has 25 heteroatoms. The van der Waals surface area contributed by atoms with Crippen molar-refractivity contribution in [1.82, 2.24) is 15.0 Å². The molecule has 0 aliphatic carbocycles. The SMILES string of the molecule is CCCCCCCCCCCCONc1nc(NCCCOCC(F)(F)C(F)(F)C(F)(F)C(F)(F)C(F)(F)C(F)(F)C(F)(F)C(F)F)nc(NOCCCCCCCCCCCC)n1. The molecule has 0 unspecified atom stereocenters. The quantitative estimate of drug-likeness (QED) is 0.0337. The standard InChI is InChI=1S/C39H62F16N6O3/c1-3-5-7-9-11-13-15-17-19-21-26-63-60-31-57-30(58-32(59-31)61-64-27-22-20-18-16-14-12-10-8-6-4-2)56-24-23-25-62-28-33(42,43)35(46,47)37(50,51)39(54,55)38(52,53)36(48,49)34(44,45)29(40)41/h29H,3-28H2,1-2H3,(H3,56,57,58,59,60,61). The second-order valence-electron chi connectivity index (χ2n) is 15.4. The summed E-state index contributed by atoms with van der Waals surface area (Å²) < 4.78 is 222. The summed E-state index contributed by atoms with van der Waals surface area (Å²) in [5.41, 5.74) is 5.09. The first kappa shape index (κ1) is 59.2. The van der Waals surface area contributed by atoms with Gasteiger partial charge >= 0.3 is 47.9 Å². The van der Waals surface area contributed by atoms with Gasteiger partial charge in [0.15, 0.2) is 0 Å². The van der Waals surface area contributed by atoms with Gasteiger partial charge in [-0.25, -0.2) is 19.7 Å². The van der Waals surface area contributed by atoms with E-state index in [0.717, 1.165) is 51.4 Å². The molecule has 9 nitrogen and oxygen atoms in total. The van der Waals surface area contributed by atoms with Crippen LogP contribution >= 0.6 is 0 Å². The average Bonchev–Trinajstić information content (AvgIpc) is 3.22. The van der Waals surface area contributed by atoms with E-state index >= 15 is 0 Å². The predicted molar refractivity (Wildman–Crippen MR) is 207 cm³/mol. The highest BCUT2D eigenvalue weighted by molar-refractivity contribution is 5.40. The van der Waals surface area contributed by atoms with E-state index in [1.807, 2.05) is 0 Å². The van der Waals surface area contributed by atoms with Crippen molar-refractivity contribution >= 4 is 17.8 Å². The molecular weight excluding hydrogens is 904 g/mol. The molecule has 0 bridgehead atoms. The first-order valence-corrected chi connectivity index (χ1v) is 21.6. The van der Waals surface area contributed by atoms with Crippen molar-refractivity contribution in [3.8, 4) is 0 Å². The largest absolute Gasteiger partial charge is 0.384 e. The zero-order valence-electron chi connectivity index (χ0n) is 36.1. The second kappa shape index (κ2) is 28.4. The maximum atomic E-state index is 14.2. The van der Waals surface area contributed by atoms with Crippen LogP contribution in [0.15, 0.2) is 0 Å². The van der Waals surface area contributed by atoms with Crippen molar-refractivity contribution in [2.45, 2.75) is 197 Å². The van der Waals surface area contributed by atoms with Crippen LogP contribution in [0.2, 0.25) is 0 Å². The molecule has 1 aromatic heterocycles. The van der Waals surface area contributed by atoms with E-state index in [0.29, 0.717) is 12.8 Å². The monoisotopic (exact) mass is 966 g/mol. The van der Waals surface area contributed by atoms with Crippen LogP contribution in [0.25, 0.3) is 0 Å². The topological polar surface area (TPSA) is 102 Å². The highest BCUT2D eigenvalue weighted by atomic mass is 19.4. The lowest BCUT2D eigenvalue weighted by Gasteiger charge is -2.42. The molecule has 1 heterocycles. The number of aromatic nitrogens is 3. The Hall–Kier alpha value is -2.83. The predicted octanol–water partition coefficient (Wildman–Crippen LogP) is 13.9. The van der Waals surface area contributed by atoms with Crippen molar-refractivity contribution < 1.29 is 84.7 Å². The second-order valence-corrected chi connectivity index (χ2v) is 15.4. The van der Waals surface area contributed by atoms with E-state index < -0.39 is 67.5 Å². The summed E-state index contributed by atoms with van der Waals surface area (Å²) in [5.74, 6) is -55.5. The van der Waals surface area contributed by atoms with Crippen molar-refractivity contribution in [2.75, 3.05) is 49.2 Å². The Morgan fingerprint density at radius 2 is 0.766 bits per heavy atom. The van der Waals surface area contributed by atoms with E-state index in [1.165, 1.54) is 64.2 Å². The molecule has 0 amide bonds. The van der Waals surface area contributed by atoms with Crippen LogP contribution in [0, 0.1) is 0 Å². The fraction of sp³-hybridized carbons (Fsp3) is 0.923. The lowest BCUT2D eigenvalue weighted by Crippen LogP contribution is -2.74. The molecule has 0 saturated heterocycles.